The maximum atomic E-state index is 13.3. The van der Waals surface area contributed by atoms with Crippen LogP contribution >= 0.6 is 0 Å². The molecule has 2 atom stereocenters. The molecular weight excluding hydrogens is 315 g/mol. The molecule has 2 rings (SSSR count). The lowest BCUT2D eigenvalue weighted by molar-refractivity contribution is -0.133. The quantitative estimate of drug-likeness (QED) is 0.644. The summed E-state index contributed by atoms with van der Waals surface area (Å²) in [5, 5.41) is 3.66. The number of benzene rings is 1. The molecular formula is C21H33FN2O. The molecule has 1 aromatic carbocycles. The monoisotopic (exact) mass is 348 g/mol. The lowest BCUT2D eigenvalue weighted by Crippen LogP contribution is -2.37. The standard InChI is InChI=1S/C21H33FN2O/c1-3-20(17(2)15-18-9-8-10-19(22)16-18)23-12-5-7-14-24-13-6-4-11-21(24)25/h8-10,16-17,20,23H,3-7,11-15H2,1-2H3. The summed E-state index contributed by atoms with van der Waals surface area (Å²) in [6.45, 7) is 7.25. The SMILES string of the molecule is CCC(NCCCCN1CCCCC1=O)C(C)Cc1cccc(F)c1. The summed E-state index contributed by atoms with van der Waals surface area (Å²) in [7, 11) is 0. The van der Waals surface area contributed by atoms with E-state index in [-0.39, 0.29) is 5.82 Å². The van der Waals surface area contributed by atoms with E-state index in [9.17, 15) is 9.18 Å². The summed E-state index contributed by atoms with van der Waals surface area (Å²) in [6, 6.07) is 7.37. The number of halogens is 1. The minimum Gasteiger partial charge on any atom is -0.343 e. The molecule has 1 N–H and O–H groups in total. The van der Waals surface area contributed by atoms with Crippen molar-refractivity contribution in [1.29, 1.82) is 0 Å². The second-order valence-corrected chi connectivity index (χ2v) is 7.33. The highest BCUT2D eigenvalue weighted by atomic mass is 19.1. The highest BCUT2D eigenvalue weighted by Crippen LogP contribution is 2.16. The van der Waals surface area contributed by atoms with E-state index in [4.69, 9.17) is 0 Å². The Labute approximate surface area is 152 Å². The predicted octanol–water partition coefficient (Wildman–Crippen LogP) is 4.17. The van der Waals surface area contributed by atoms with Crippen molar-refractivity contribution < 1.29 is 9.18 Å². The number of unbranched alkanes of at least 4 members (excludes halogenated alkanes) is 1. The van der Waals surface area contributed by atoms with Crippen LogP contribution in [0.4, 0.5) is 4.39 Å². The van der Waals surface area contributed by atoms with E-state index in [1.165, 1.54) is 6.07 Å². The number of rotatable bonds is 10. The van der Waals surface area contributed by atoms with E-state index in [1.54, 1.807) is 12.1 Å². The van der Waals surface area contributed by atoms with Crippen LogP contribution in [0.1, 0.15) is 57.9 Å². The molecule has 0 aromatic heterocycles. The third-order valence-electron chi connectivity index (χ3n) is 5.26. The second-order valence-electron chi connectivity index (χ2n) is 7.33. The van der Waals surface area contributed by atoms with Crippen LogP contribution in [0.5, 0.6) is 0 Å². The predicted molar refractivity (Wildman–Crippen MR) is 101 cm³/mol. The second kappa shape index (κ2) is 10.5. The lowest BCUT2D eigenvalue weighted by atomic mass is 9.92. The van der Waals surface area contributed by atoms with Crippen molar-refractivity contribution in [1.82, 2.24) is 10.2 Å². The summed E-state index contributed by atoms with van der Waals surface area (Å²) in [5.41, 5.74) is 1.07. The first-order valence-electron chi connectivity index (χ1n) is 9.85. The Hall–Kier alpha value is -1.42. The molecule has 1 heterocycles. The minimum atomic E-state index is -0.155. The van der Waals surface area contributed by atoms with E-state index >= 15 is 0 Å². The Morgan fingerprint density at radius 2 is 2.12 bits per heavy atom. The summed E-state index contributed by atoms with van der Waals surface area (Å²) in [5.74, 6) is 0.641. The number of carbonyl (C=O) groups excluding carboxylic acids is 1. The molecule has 1 amide bonds. The van der Waals surface area contributed by atoms with Gasteiger partial charge in [0.05, 0.1) is 0 Å². The van der Waals surface area contributed by atoms with Gasteiger partial charge in [0.15, 0.2) is 0 Å². The van der Waals surface area contributed by atoms with Gasteiger partial charge in [-0.15, -0.1) is 0 Å². The van der Waals surface area contributed by atoms with Gasteiger partial charge in [-0.2, -0.15) is 0 Å². The van der Waals surface area contributed by atoms with Crippen LogP contribution in [0.3, 0.4) is 0 Å². The van der Waals surface area contributed by atoms with Crippen LogP contribution in [0.25, 0.3) is 0 Å². The summed E-state index contributed by atoms with van der Waals surface area (Å²) >= 11 is 0. The zero-order valence-corrected chi connectivity index (χ0v) is 15.8. The number of likely N-dealkylation sites (tertiary alicyclic amines) is 1. The van der Waals surface area contributed by atoms with E-state index < -0.39 is 0 Å². The third kappa shape index (κ3) is 6.77. The summed E-state index contributed by atoms with van der Waals surface area (Å²) in [4.78, 5) is 13.8. The van der Waals surface area contributed by atoms with Crippen molar-refractivity contribution in [2.75, 3.05) is 19.6 Å². The van der Waals surface area contributed by atoms with E-state index in [0.29, 0.717) is 17.9 Å². The highest BCUT2D eigenvalue weighted by molar-refractivity contribution is 5.76. The van der Waals surface area contributed by atoms with E-state index in [1.807, 2.05) is 11.0 Å². The fraction of sp³-hybridized carbons (Fsp3) is 0.667. The molecule has 2 unspecified atom stereocenters. The molecule has 0 bridgehead atoms. The molecule has 0 saturated carbocycles. The van der Waals surface area contributed by atoms with Gasteiger partial charge in [-0.25, -0.2) is 4.39 Å². The minimum absolute atomic E-state index is 0.155. The Bertz CT molecular complexity index is 534. The molecule has 3 nitrogen and oxygen atoms in total. The van der Waals surface area contributed by atoms with Crippen LogP contribution in [0.15, 0.2) is 24.3 Å². The third-order valence-corrected chi connectivity index (χ3v) is 5.26. The van der Waals surface area contributed by atoms with Crippen LogP contribution in [0.2, 0.25) is 0 Å². The highest BCUT2D eigenvalue weighted by Gasteiger charge is 2.18. The first-order valence-corrected chi connectivity index (χ1v) is 9.85. The van der Waals surface area contributed by atoms with Gasteiger partial charge in [-0.05, 0) is 68.7 Å². The normalized spacial score (nSPS) is 17.6. The number of nitrogens with zero attached hydrogens (tertiary/aromatic N) is 1. The molecule has 1 aromatic rings. The average molecular weight is 349 g/mol. The number of amides is 1. The number of carbonyl (C=O) groups is 1. The topological polar surface area (TPSA) is 32.3 Å². The zero-order valence-electron chi connectivity index (χ0n) is 15.8. The van der Waals surface area contributed by atoms with E-state index in [2.05, 4.69) is 19.2 Å². The lowest BCUT2D eigenvalue weighted by Gasteiger charge is -2.27. The molecule has 0 aliphatic carbocycles. The Morgan fingerprint density at radius 1 is 1.28 bits per heavy atom. The van der Waals surface area contributed by atoms with Gasteiger partial charge in [0.25, 0.3) is 0 Å². The maximum absolute atomic E-state index is 13.3. The van der Waals surface area contributed by atoms with Crippen molar-refractivity contribution in [3.8, 4) is 0 Å². The van der Waals surface area contributed by atoms with Crippen LogP contribution < -0.4 is 5.32 Å². The molecule has 1 aliphatic heterocycles. The van der Waals surface area contributed by atoms with Gasteiger partial charge >= 0.3 is 0 Å². The molecule has 1 aliphatic rings. The van der Waals surface area contributed by atoms with Gasteiger partial charge in [0, 0.05) is 25.6 Å². The fourth-order valence-corrected chi connectivity index (χ4v) is 3.74. The van der Waals surface area contributed by atoms with Crippen LogP contribution in [0, 0.1) is 11.7 Å². The Morgan fingerprint density at radius 3 is 2.84 bits per heavy atom. The molecule has 1 saturated heterocycles. The Balaban J connectivity index is 1.66. The van der Waals surface area contributed by atoms with E-state index in [0.717, 1.165) is 70.1 Å². The molecule has 25 heavy (non-hydrogen) atoms. The first-order chi connectivity index (χ1) is 12.1. The van der Waals surface area contributed by atoms with Gasteiger partial charge in [0.2, 0.25) is 5.91 Å². The molecule has 0 spiro atoms. The molecule has 4 heteroatoms. The molecule has 140 valence electrons. The number of piperidine rings is 1. The molecule has 1 fully saturated rings. The first kappa shape index (κ1) is 19.9. The van der Waals surface area contributed by atoms with Crippen LogP contribution in [-0.2, 0) is 11.2 Å². The number of nitrogens with one attached hydrogen (secondary N) is 1. The van der Waals surface area contributed by atoms with Crippen LogP contribution in [-0.4, -0.2) is 36.5 Å². The number of hydrogen-bond donors (Lipinski definition) is 1. The smallest absolute Gasteiger partial charge is 0.222 e. The van der Waals surface area contributed by atoms with Crippen molar-refractivity contribution >= 4 is 5.91 Å². The van der Waals surface area contributed by atoms with Gasteiger partial charge in [0.1, 0.15) is 5.82 Å². The van der Waals surface area contributed by atoms with Crippen molar-refractivity contribution in [2.24, 2.45) is 5.92 Å². The van der Waals surface area contributed by atoms with Gasteiger partial charge < -0.3 is 10.2 Å². The fourth-order valence-electron chi connectivity index (χ4n) is 3.74. The van der Waals surface area contributed by atoms with Gasteiger partial charge in [-0.3, -0.25) is 4.79 Å². The van der Waals surface area contributed by atoms with Crippen molar-refractivity contribution in [3.63, 3.8) is 0 Å². The van der Waals surface area contributed by atoms with Crippen molar-refractivity contribution in [3.05, 3.63) is 35.6 Å². The van der Waals surface area contributed by atoms with Crippen molar-refractivity contribution in [2.45, 2.75) is 64.8 Å². The largest absolute Gasteiger partial charge is 0.343 e. The Kier molecular flexibility index (Phi) is 8.39. The summed E-state index contributed by atoms with van der Waals surface area (Å²) < 4.78 is 13.3. The number of hydrogen-bond acceptors (Lipinski definition) is 2. The molecule has 0 radical (unpaired) electrons. The average Bonchev–Trinajstić information content (AvgIpc) is 2.59. The van der Waals surface area contributed by atoms with Gasteiger partial charge in [-0.1, -0.05) is 26.0 Å². The summed E-state index contributed by atoms with van der Waals surface area (Å²) in [6.07, 6.45) is 7.05. The maximum Gasteiger partial charge on any atom is 0.222 e. The zero-order chi connectivity index (χ0) is 18.1.